The lowest BCUT2D eigenvalue weighted by atomic mass is 10.1. The molecule has 0 fully saturated rings. The Bertz CT molecular complexity index is 1140. The predicted molar refractivity (Wildman–Crippen MR) is 119 cm³/mol. The summed E-state index contributed by atoms with van der Waals surface area (Å²) >= 11 is 6.19. The summed E-state index contributed by atoms with van der Waals surface area (Å²) in [6.07, 6.45) is 0.468. The molecule has 3 aromatic rings. The summed E-state index contributed by atoms with van der Waals surface area (Å²) in [4.78, 5) is 24.8. The number of aryl methyl sites for hydroxylation is 2. The maximum atomic E-state index is 12.8. The number of hydrogen-bond donors (Lipinski definition) is 0. The average Bonchev–Trinajstić information content (AvgIpc) is 2.72. The van der Waals surface area contributed by atoms with Gasteiger partial charge in [-0.15, -0.1) is 0 Å². The second kappa shape index (κ2) is 9.43. The molecule has 1 aromatic heterocycles. The largest absolute Gasteiger partial charge is 0.479 e. The van der Waals surface area contributed by atoms with Gasteiger partial charge in [-0.05, 0) is 62.1 Å². The van der Waals surface area contributed by atoms with Crippen LogP contribution in [0.2, 0.25) is 5.02 Å². The molecule has 0 amide bonds. The average molecular weight is 445 g/mol. The van der Waals surface area contributed by atoms with Gasteiger partial charge in [0.1, 0.15) is 23.3 Å². The third-order valence-corrected chi connectivity index (χ3v) is 5.15. The van der Waals surface area contributed by atoms with E-state index < -0.39 is 12.1 Å². The van der Waals surface area contributed by atoms with Crippen molar-refractivity contribution >= 4 is 28.5 Å². The highest BCUT2D eigenvalue weighted by Gasteiger charge is 2.18. The molecule has 0 N–H and O–H groups in total. The molecule has 1 unspecified atom stereocenters. The zero-order valence-electron chi connectivity index (χ0n) is 18.2. The molecule has 0 aliphatic heterocycles. The minimum Gasteiger partial charge on any atom is -0.479 e. The summed E-state index contributed by atoms with van der Waals surface area (Å²) in [6.45, 7) is 9.58. The first-order chi connectivity index (χ1) is 14.7. The Kier molecular flexibility index (Phi) is 6.91. The molecule has 7 heteroatoms. The highest BCUT2D eigenvalue weighted by molar-refractivity contribution is 6.32. The summed E-state index contributed by atoms with van der Waals surface area (Å²) < 4.78 is 22.2. The summed E-state index contributed by atoms with van der Waals surface area (Å²) in [5.74, 6) is 0.741. The molecule has 1 atom stereocenters. The second-order valence-corrected chi connectivity index (χ2v) is 8.22. The number of hydrogen-bond acceptors (Lipinski definition) is 6. The van der Waals surface area contributed by atoms with Gasteiger partial charge in [-0.1, -0.05) is 25.4 Å². The predicted octanol–water partition coefficient (Wildman–Crippen LogP) is 5.82. The van der Waals surface area contributed by atoms with Crippen LogP contribution >= 0.6 is 11.6 Å². The van der Waals surface area contributed by atoms with E-state index in [4.69, 9.17) is 30.2 Å². The Labute approximate surface area is 185 Å². The summed E-state index contributed by atoms with van der Waals surface area (Å²) in [7, 11) is 0. The van der Waals surface area contributed by atoms with E-state index >= 15 is 0 Å². The van der Waals surface area contributed by atoms with Gasteiger partial charge in [-0.3, -0.25) is 4.79 Å². The standard InChI is InChI=1S/C24H25ClO6/c1-13(2)11-29-24(27)16(5)30-17-6-7-19-20(10-17)28-12-21(23(19)26)31-18-8-14(3)22(25)15(4)9-18/h6-10,12-13,16H,11H2,1-5H3. The zero-order chi connectivity index (χ0) is 22.7. The number of fused-ring (bicyclic) bond motifs is 1. The maximum absolute atomic E-state index is 12.8. The number of esters is 1. The lowest BCUT2D eigenvalue weighted by molar-refractivity contribution is -0.152. The fourth-order valence-corrected chi connectivity index (χ4v) is 3.05. The van der Waals surface area contributed by atoms with Gasteiger partial charge in [0.25, 0.3) is 0 Å². The van der Waals surface area contributed by atoms with Crippen LogP contribution in [0, 0.1) is 19.8 Å². The SMILES string of the molecule is Cc1cc(Oc2coc3cc(OC(C)C(=O)OCC(C)C)ccc3c2=O)cc(C)c1Cl. The number of ether oxygens (including phenoxy) is 3. The Hall–Kier alpha value is -2.99. The lowest BCUT2D eigenvalue weighted by Gasteiger charge is -2.15. The van der Waals surface area contributed by atoms with Crippen LogP contribution in [0.3, 0.4) is 0 Å². The van der Waals surface area contributed by atoms with Crippen molar-refractivity contribution in [2.24, 2.45) is 5.92 Å². The van der Waals surface area contributed by atoms with Crippen molar-refractivity contribution in [3.05, 3.63) is 63.0 Å². The summed E-state index contributed by atoms with van der Waals surface area (Å²) in [6, 6.07) is 8.26. The molecule has 0 saturated carbocycles. The molecular formula is C24H25ClO6. The second-order valence-electron chi connectivity index (χ2n) is 7.84. The van der Waals surface area contributed by atoms with Crippen LogP contribution in [-0.2, 0) is 9.53 Å². The van der Waals surface area contributed by atoms with E-state index in [-0.39, 0.29) is 17.1 Å². The molecule has 0 saturated heterocycles. The van der Waals surface area contributed by atoms with Crippen LogP contribution in [0.4, 0.5) is 0 Å². The molecular weight excluding hydrogens is 420 g/mol. The topological polar surface area (TPSA) is 75.0 Å². The molecule has 3 rings (SSSR count). The van der Waals surface area contributed by atoms with E-state index in [2.05, 4.69) is 0 Å². The Balaban J connectivity index is 1.80. The minimum atomic E-state index is -0.790. The lowest BCUT2D eigenvalue weighted by Crippen LogP contribution is -2.27. The van der Waals surface area contributed by atoms with Gasteiger partial charge in [0.2, 0.25) is 11.2 Å². The zero-order valence-corrected chi connectivity index (χ0v) is 18.9. The number of carbonyl (C=O) groups excluding carboxylic acids is 1. The monoisotopic (exact) mass is 444 g/mol. The van der Waals surface area contributed by atoms with E-state index in [1.165, 1.54) is 6.26 Å². The Morgan fingerprint density at radius 2 is 1.74 bits per heavy atom. The molecule has 164 valence electrons. The normalized spacial score (nSPS) is 12.1. The van der Waals surface area contributed by atoms with E-state index in [1.807, 2.05) is 27.7 Å². The first kappa shape index (κ1) is 22.7. The third kappa shape index (κ3) is 5.39. The van der Waals surface area contributed by atoms with Crippen LogP contribution in [0.1, 0.15) is 31.9 Å². The number of halogens is 1. The first-order valence-electron chi connectivity index (χ1n) is 9.99. The van der Waals surface area contributed by atoms with Crippen LogP contribution in [0.5, 0.6) is 17.2 Å². The molecule has 0 bridgehead atoms. The van der Waals surface area contributed by atoms with Crippen molar-refractivity contribution in [3.63, 3.8) is 0 Å². The van der Waals surface area contributed by atoms with Crippen molar-refractivity contribution in [1.82, 2.24) is 0 Å². The van der Waals surface area contributed by atoms with Crippen molar-refractivity contribution in [2.45, 2.75) is 40.7 Å². The highest BCUT2D eigenvalue weighted by atomic mass is 35.5. The van der Waals surface area contributed by atoms with Gasteiger partial charge in [0, 0.05) is 11.1 Å². The number of carbonyl (C=O) groups is 1. The first-order valence-corrected chi connectivity index (χ1v) is 10.4. The minimum absolute atomic E-state index is 0.0629. The van der Waals surface area contributed by atoms with Crippen molar-refractivity contribution in [3.8, 4) is 17.2 Å². The van der Waals surface area contributed by atoms with Crippen LogP contribution < -0.4 is 14.9 Å². The number of rotatable bonds is 7. The van der Waals surface area contributed by atoms with Crippen LogP contribution in [0.25, 0.3) is 11.0 Å². The third-order valence-electron chi connectivity index (χ3n) is 4.56. The van der Waals surface area contributed by atoms with Crippen LogP contribution in [-0.4, -0.2) is 18.7 Å². The molecule has 1 heterocycles. The van der Waals surface area contributed by atoms with E-state index in [1.54, 1.807) is 37.3 Å². The highest BCUT2D eigenvalue weighted by Crippen LogP contribution is 2.29. The van der Waals surface area contributed by atoms with Crippen molar-refractivity contribution < 1.29 is 23.4 Å². The van der Waals surface area contributed by atoms with Crippen molar-refractivity contribution in [2.75, 3.05) is 6.61 Å². The fourth-order valence-electron chi connectivity index (χ4n) is 2.95. The molecule has 2 aromatic carbocycles. The van der Waals surface area contributed by atoms with Gasteiger partial charge < -0.3 is 18.6 Å². The molecule has 0 spiro atoms. The quantitative estimate of drug-likeness (QED) is 0.427. The van der Waals surface area contributed by atoms with E-state index in [0.29, 0.717) is 34.1 Å². The van der Waals surface area contributed by atoms with Crippen molar-refractivity contribution in [1.29, 1.82) is 0 Å². The van der Waals surface area contributed by atoms with Gasteiger partial charge in [0.05, 0.1) is 12.0 Å². The summed E-state index contributed by atoms with van der Waals surface area (Å²) in [5.41, 5.74) is 1.71. The number of benzene rings is 2. The fraction of sp³-hybridized carbons (Fsp3) is 0.333. The Morgan fingerprint density at radius 3 is 2.39 bits per heavy atom. The maximum Gasteiger partial charge on any atom is 0.347 e. The van der Waals surface area contributed by atoms with E-state index in [9.17, 15) is 9.59 Å². The smallest absolute Gasteiger partial charge is 0.347 e. The molecule has 0 aliphatic rings. The van der Waals surface area contributed by atoms with Gasteiger partial charge >= 0.3 is 5.97 Å². The van der Waals surface area contributed by atoms with E-state index in [0.717, 1.165) is 11.1 Å². The van der Waals surface area contributed by atoms with Gasteiger partial charge in [0.15, 0.2) is 6.10 Å². The van der Waals surface area contributed by atoms with Gasteiger partial charge in [-0.25, -0.2) is 4.79 Å². The summed E-state index contributed by atoms with van der Waals surface area (Å²) in [5, 5.41) is 0.995. The molecule has 0 aliphatic carbocycles. The Morgan fingerprint density at radius 1 is 1.06 bits per heavy atom. The molecule has 0 radical (unpaired) electrons. The molecule has 6 nitrogen and oxygen atoms in total. The van der Waals surface area contributed by atoms with Gasteiger partial charge in [-0.2, -0.15) is 0 Å². The van der Waals surface area contributed by atoms with Crippen LogP contribution in [0.15, 0.2) is 45.8 Å². The molecule has 31 heavy (non-hydrogen) atoms.